The Kier molecular flexibility index (Phi) is 4.40. The second-order valence-corrected chi connectivity index (χ2v) is 5.14. The molecule has 0 saturated carbocycles. The van der Waals surface area contributed by atoms with E-state index in [1.807, 2.05) is 37.3 Å². The molecule has 20 heavy (non-hydrogen) atoms. The Balaban J connectivity index is 2.23. The van der Waals surface area contributed by atoms with Crippen molar-refractivity contribution in [1.29, 1.82) is 0 Å². The Hall–Kier alpha value is -1.87. The molecule has 0 aromatic heterocycles. The molecule has 0 amide bonds. The lowest BCUT2D eigenvalue weighted by atomic mass is 10.0. The molecule has 106 valence electrons. The van der Waals surface area contributed by atoms with Gasteiger partial charge in [0.25, 0.3) is 0 Å². The highest BCUT2D eigenvalue weighted by atomic mass is 19.1. The number of para-hydroxylation sites is 1. The maximum Gasteiger partial charge on any atom is 0.126 e. The van der Waals surface area contributed by atoms with Gasteiger partial charge < -0.3 is 10.4 Å². The van der Waals surface area contributed by atoms with E-state index in [2.05, 4.69) is 5.32 Å². The minimum absolute atomic E-state index is 0.0370. The summed E-state index contributed by atoms with van der Waals surface area (Å²) in [6, 6.07) is 12.8. The SMILES string of the molecule is Cc1ccc(C(C)Nc2ccccc2C(C)O)cc1F. The molecule has 0 heterocycles. The van der Waals surface area contributed by atoms with E-state index in [1.165, 1.54) is 0 Å². The number of nitrogens with one attached hydrogen (secondary N) is 1. The molecule has 0 aliphatic heterocycles. The molecule has 2 atom stereocenters. The summed E-state index contributed by atoms with van der Waals surface area (Å²) < 4.78 is 13.6. The summed E-state index contributed by atoms with van der Waals surface area (Å²) in [5, 5.41) is 13.1. The summed E-state index contributed by atoms with van der Waals surface area (Å²) >= 11 is 0. The van der Waals surface area contributed by atoms with Gasteiger partial charge in [0.2, 0.25) is 0 Å². The van der Waals surface area contributed by atoms with Gasteiger partial charge in [-0.2, -0.15) is 0 Å². The van der Waals surface area contributed by atoms with Crippen molar-refractivity contribution in [3.8, 4) is 0 Å². The molecular formula is C17H20FNO. The van der Waals surface area contributed by atoms with Gasteiger partial charge in [-0.1, -0.05) is 30.3 Å². The van der Waals surface area contributed by atoms with Crippen molar-refractivity contribution in [1.82, 2.24) is 0 Å². The molecule has 0 aliphatic rings. The molecule has 2 rings (SSSR count). The first-order chi connectivity index (χ1) is 9.49. The van der Waals surface area contributed by atoms with Gasteiger partial charge in [-0.05, 0) is 44.0 Å². The van der Waals surface area contributed by atoms with Crippen LogP contribution in [-0.4, -0.2) is 5.11 Å². The number of aliphatic hydroxyl groups is 1. The van der Waals surface area contributed by atoms with Crippen LogP contribution in [0.1, 0.15) is 42.7 Å². The van der Waals surface area contributed by atoms with Crippen molar-refractivity contribution in [3.63, 3.8) is 0 Å². The average Bonchev–Trinajstić information content (AvgIpc) is 2.42. The van der Waals surface area contributed by atoms with E-state index < -0.39 is 6.10 Å². The van der Waals surface area contributed by atoms with E-state index >= 15 is 0 Å². The zero-order valence-electron chi connectivity index (χ0n) is 12.0. The van der Waals surface area contributed by atoms with Crippen LogP contribution in [0.3, 0.4) is 0 Å². The van der Waals surface area contributed by atoms with Crippen molar-refractivity contribution in [3.05, 3.63) is 65.0 Å². The van der Waals surface area contributed by atoms with Crippen LogP contribution < -0.4 is 5.32 Å². The van der Waals surface area contributed by atoms with E-state index in [4.69, 9.17) is 0 Å². The highest BCUT2D eigenvalue weighted by molar-refractivity contribution is 5.53. The Morgan fingerprint density at radius 3 is 2.45 bits per heavy atom. The van der Waals surface area contributed by atoms with Crippen LogP contribution in [0.4, 0.5) is 10.1 Å². The quantitative estimate of drug-likeness (QED) is 0.867. The Morgan fingerprint density at radius 2 is 1.80 bits per heavy atom. The van der Waals surface area contributed by atoms with Crippen molar-refractivity contribution in [2.24, 2.45) is 0 Å². The standard InChI is InChI=1S/C17H20FNO/c1-11-8-9-14(10-16(11)18)12(2)19-17-7-5-4-6-15(17)13(3)20/h4-10,12-13,19-20H,1-3H3. The van der Waals surface area contributed by atoms with Gasteiger partial charge >= 0.3 is 0 Å². The fourth-order valence-corrected chi connectivity index (χ4v) is 2.19. The summed E-state index contributed by atoms with van der Waals surface area (Å²) in [7, 11) is 0. The van der Waals surface area contributed by atoms with Crippen LogP contribution in [0.25, 0.3) is 0 Å². The Labute approximate surface area is 119 Å². The predicted molar refractivity (Wildman–Crippen MR) is 80.3 cm³/mol. The van der Waals surface area contributed by atoms with Crippen LogP contribution in [0.5, 0.6) is 0 Å². The molecule has 2 nitrogen and oxygen atoms in total. The molecule has 2 N–H and O–H groups in total. The number of halogens is 1. The van der Waals surface area contributed by atoms with Gasteiger partial charge in [0.05, 0.1) is 6.10 Å². The van der Waals surface area contributed by atoms with E-state index in [9.17, 15) is 9.50 Å². The predicted octanol–water partition coefficient (Wildman–Crippen LogP) is 4.36. The molecule has 2 unspecified atom stereocenters. The molecule has 2 aromatic carbocycles. The largest absolute Gasteiger partial charge is 0.389 e. The maximum atomic E-state index is 13.6. The second-order valence-electron chi connectivity index (χ2n) is 5.14. The van der Waals surface area contributed by atoms with Crippen LogP contribution in [-0.2, 0) is 0 Å². The van der Waals surface area contributed by atoms with Gasteiger partial charge in [0, 0.05) is 17.3 Å². The maximum absolute atomic E-state index is 13.6. The third-order valence-electron chi connectivity index (χ3n) is 3.48. The first-order valence-electron chi connectivity index (χ1n) is 6.78. The molecule has 0 saturated heterocycles. The number of aliphatic hydroxyl groups excluding tert-OH is 1. The number of rotatable bonds is 4. The Morgan fingerprint density at radius 1 is 1.10 bits per heavy atom. The molecule has 0 aliphatic carbocycles. The fourth-order valence-electron chi connectivity index (χ4n) is 2.19. The first kappa shape index (κ1) is 14.5. The highest BCUT2D eigenvalue weighted by Gasteiger charge is 2.12. The third-order valence-corrected chi connectivity index (χ3v) is 3.48. The lowest BCUT2D eigenvalue weighted by Crippen LogP contribution is -2.09. The van der Waals surface area contributed by atoms with Gasteiger partial charge in [-0.25, -0.2) is 4.39 Å². The zero-order chi connectivity index (χ0) is 14.7. The lowest BCUT2D eigenvalue weighted by molar-refractivity contribution is 0.200. The topological polar surface area (TPSA) is 32.3 Å². The second kappa shape index (κ2) is 6.06. The summed E-state index contributed by atoms with van der Waals surface area (Å²) in [6.45, 7) is 5.46. The number of aryl methyl sites for hydroxylation is 1. The lowest BCUT2D eigenvalue weighted by Gasteiger charge is -2.20. The smallest absolute Gasteiger partial charge is 0.126 e. The number of hydrogen-bond acceptors (Lipinski definition) is 2. The molecule has 0 fully saturated rings. The van der Waals surface area contributed by atoms with Crippen LogP contribution >= 0.6 is 0 Å². The van der Waals surface area contributed by atoms with Crippen molar-refractivity contribution >= 4 is 5.69 Å². The van der Waals surface area contributed by atoms with E-state index in [0.29, 0.717) is 5.56 Å². The minimum atomic E-state index is -0.541. The first-order valence-corrected chi connectivity index (χ1v) is 6.78. The minimum Gasteiger partial charge on any atom is -0.389 e. The molecule has 0 radical (unpaired) electrons. The summed E-state index contributed by atoms with van der Waals surface area (Å²) in [4.78, 5) is 0. The van der Waals surface area contributed by atoms with E-state index in [0.717, 1.165) is 16.8 Å². The zero-order valence-corrected chi connectivity index (χ0v) is 12.0. The van der Waals surface area contributed by atoms with Gasteiger partial charge in [0.15, 0.2) is 0 Å². The van der Waals surface area contributed by atoms with Crippen molar-refractivity contribution in [2.75, 3.05) is 5.32 Å². The summed E-state index contributed by atoms with van der Waals surface area (Å²) in [5.41, 5.74) is 3.24. The summed E-state index contributed by atoms with van der Waals surface area (Å²) in [6.07, 6.45) is -0.541. The molecule has 0 bridgehead atoms. The fraction of sp³-hybridized carbons (Fsp3) is 0.294. The third kappa shape index (κ3) is 3.17. The molecule has 0 spiro atoms. The molecular weight excluding hydrogens is 253 g/mol. The molecule has 3 heteroatoms. The molecule has 2 aromatic rings. The summed E-state index contributed by atoms with van der Waals surface area (Å²) in [5.74, 6) is -0.194. The van der Waals surface area contributed by atoms with E-state index in [1.54, 1.807) is 26.0 Å². The number of hydrogen-bond donors (Lipinski definition) is 2. The highest BCUT2D eigenvalue weighted by Crippen LogP contribution is 2.27. The van der Waals surface area contributed by atoms with Gasteiger partial charge in [-0.15, -0.1) is 0 Å². The Bertz CT molecular complexity index is 595. The van der Waals surface area contributed by atoms with Gasteiger partial charge in [0.1, 0.15) is 5.82 Å². The normalized spacial score (nSPS) is 13.8. The van der Waals surface area contributed by atoms with Crippen molar-refractivity contribution in [2.45, 2.75) is 32.9 Å². The van der Waals surface area contributed by atoms with Gasteiger partial charge in [-0.3, -0.25) is 0 Å². The van der Waals surface area contributed by atoms with Crippen LogP contribution in [0.15, 0.2) is 42.5 Å². The number of benzene rings is 2. The number of anilines is 1. The average molecular weight is 273 g/mol. The van der Waals surface area contributed by atoms with E-state index in [-0.39, 0.29) is 11.9 Å². The van der Waals surface area contributed by atoms with Crippen LogP contribution in [0, 0.1) is 12.7 Å². The van der Waals surface area contributed by atoms with Crippen molar-refractivity contribution < 1.29 is 9.50 Å². The monoisotopic (exact) mass is 273 g/mol. The van der Waals surface area contributed by atoms with Crippen LogP contribution in [0.2, 0.25) is 0 Å².